The molecule has 35 heavy (non-hydrogen) atoms. The molecule has 0 saturated heterocycles. The number of benzene rings is 2. The molecular weight excluding hydrogens is 442 g/mol. The molecule has 1 N–H and O–H groups in total. The van der Waals surface area contributed by atoms with Crippen LogP contribution in [0, 0.1) is 6.92 Å². The van der Waals surface area contributed by atoms with E-state index in [1.165, 1.54) is 11.3 Å². The van der Waals surface area contributed by atoms with E-state index in [-0.39, 0.29) is 30.3 Å². The molecule has 0 unspecified atom stereocenters. The maximum absolute atomic E-state index is 14.0. The summed E-state index contributed by atoms with van der Waals surface area (Å²) in [6.45, 7) is 2.08. The zero-order chi connectivity index (χ0) is 24.2. The Morgan fingerprint density at radius 1 is 0.971 bits per heavy atom. The van der Waals surface area contributed by atoms with Crippen LogP contribution in [0.2, 0.25) is 0 Å². The van der Waals surface area contributed by atoms with E-state index in [1.54, 1.807) is 42.6 Å². The fraction of sp³-hybridized carbons (Fsp3) is 0.321. The number of aromatic nitrogens is 1. The van der Waals surface area contributed by atoms with Crippen molar-refractivity contribution in [3.05, 3.63) is 83.7 Å². The number of carbonyl (C=O) groups excluding carboxylic acids is 2. The van der Waals surface area contributed by atoms with Crippen molar-refractivity contribution >= 4 is 17.5 Å². The maximum Gasteiger partial charge on any atom is 0.277 e. The van der Waals surface area contributed by atoms with Crippen LogP contribution in [0.25, 0.3) is 0 Å². The van der Waals surface area contributed by atoms with Crippen LogP contribution in [0.5, 0.6) is 11.5 Å². The Labute approximate surface area is 205 Å². The number of ether oxygens (including phenoxy) is 2. The fourth-order valence-electron chi connectivity index (χ4n) is 4.85. The molecule has 2 aromatic carbocycles. The number of nitrogens with zero attached hydrogens (tertiary/aromatic N) is 2. The van der Waals surface area contributed by atoms with Crippen LogP contribution in [0.3, 0.4) is 0 Å². The number of nitrogens with one attached hydrogen (secondary N) is 1. The normalized spacial score (nSPS) is 15.9. The Morgan fingerprint density at radius 3 is 2.51 bits per heavy atom. The molecule has 1 aliphatic carbocycles. The average Bonchev–Trinajstić information content (AvgIpc) is 3.36. The number of fused-ring (bicyclic) bond motifs is 1. The minimum absolute atomic E-state index is 0.103. The summed E-state index contributed by atoms with van der Waals surface area (Å²) in [5.41, 5.74) is 2.49. The first-order valence-corrected chi connectivity index (χ1v) is 12.1. The molecule has 1 aromatic heterocycles. The molecule has 1 fully saturated rings. The van der Waals surface area contributed by atoms with Crippen LogP contribution in [0.4, 0.5) is 5.69 Å². The largest absolute Gasteiger partial charge is 0.454 e. The highest BCUT2D eigenvalue weighted by atomic mass is 16.7. The predicted octanol–water partition coefficient (Wildman–Crippen LogP) is 4.96. The minimum atomic E-state index is -0.881. The Morgan fingerprint density at radius 2 is 1.74 bits per heavy atom. The second-order valence-corrected chi connectivity index (χ2v) is 9.03. The number of amides is 2. The van der Waals surface area contributed by atoms with Crippen molar-refractivity contribution in [1.29, 1.82) is 0 Å². The molecule has 1 saturated carbocycles. The molecule has 180 valence electrons. The monoisotopic (exact) mass is 471 g/mol. The van der Waals surface area contributed by atoms with E-state index in [0.29, 0.717) is 17.2 Å². The molecule has 3 aromatic rings. The van der Waals surface area contributed by atoms with E-state index >= 15 is 0 Å². The molecule has 0 radical (unpaired) electrons. The van der Waals surface area contributed by atoms with Crippen molar-refractivity contribution < 1.29 is 19.1 Å². The number of hydrogen-bond donors (Lipinski definition) is 1. The average molecular weight is 472 g/mol. The van der Waals surface area contributed by atoms with Crippen molar-refractivity contribution in [3.63, 3.8) is 0 Å². The van der Waals surface area contributed by atoms with Gasteiger partial charge in [0.05, 0.1) is 0 Å². The molecular formula is C28H29N3O4. The summed E-state index contributed by atoms with van der Waals surface area (Å²) >= 11 is 0. The lowest BCUT2D eigenvalue weighted by Crippen LogP contribution is -2.47. The number of rotatable bonds is 6. The molecule has 0 bridgehead atoms. The summed E-state index contributed by atoms with van der Waals surface area (Å²) in [5, 5.41) is 3.24. The minimum Gasteiger partial charge on any atom is -0.454 e. The van der Waals surface area contributed by atoms with Gasteiger partial charge in [0.15, 0.2) is 11.5 Å². The van der Waals surface area contributed by atoms with Gasteiger partial charge in [0.2, 0.25) is 12.7 Å². The molecule has 0 spiro atoms. The summed E-state index contributed by atoms with van der Waals surface area (Å²) in [6.07, 6.45) is 6.86. The first kappa shape index (κ1) is 22.9. The molecule has 7 nitrogen and oxygen atoms in total. The molecule has 2 aliphatic rings. The van der Waals surface area contributed by atoms with Gasteiger partial charge in [0, 0.05) is 24.0 Å². The van der Waals surface area contributed by atoms with E-state index in [9.17, 15) is 9.59 Å². The van der Waals surface area contributed by atoms with Gasteiger partial charge in [-0.2, -0.15) is 0 Å². The van der Waals surface area contributed by atoms with Gasteiger partial charge in [-0.25, -0.2) is 0 Å². The van der Waals surface area contributed by atoms with Gasteiger partial charge in [-0.15, -0.1) is 0 Å². The third-order valence-electron chi connectivity index (χ3n) is 6.68. The van der Waals surface area contributed by atoms with Gasteiger partial charge >= 0.3 is 0 Å². The second kappa shape index (κ2) is 10.2. The van der Waals surface area contributed by atoms with Gasteiger partial charge in [-0.3, -0.25) is 19.5 Å². The van der Waals surface area contributed by atoms with Crippen molar-refractivity contribution in [2.45, 2.75) is 51.1 Å². The van der Waals surface area contributed by atoms with Crippen molar-refractivity contribution in [1.82, 2.24) is 10.3 Å². The first-order chi connectivity index (χ1) is 17.1. The standard InChI is InChI=1S/C28H29N3O4/c1-19-9-5-6-12-22(19)26(27(32)30-20-10-3-2-4-11-20)31(28(33)23-13-7-8-16-29-23)21-14-15-24-25(17-21)35-18-34-24/h5-9,12-17,20,26H,2-4,10-11,18H2,1H3,(H,30,32)/t26-/m0/s1. The van der Waals surface area contributed by atoms with Crippen LogP contribution >= 0.6 is 0 Å². The van der Waals surface area contributed by atoms with E-state index in [4.69, 9.17) is 9.47 Å². The Kier molecular flexibility index (Phi) is 6.66. The lowest BCUT2D eigenvalue weighted by Gasteiger charge is -2.34. The van der Waals surface area contributed by atoms with Crippen LogP contribution in [-0.2, 0) is 4.79 Å². The summed E-state index contributed by atoms with van der Waals surface area (Å²) in [6, 6.07) is 17.4. The van der Waals surface area contributed by atoms with Gasteiger partial charge < -0.3 is 14.8 Å². The highest BCUT2D eigenvalue weighted by Gasteiger charge is 2.36. The van der Waals surface area contributed by atoms with Crippen LogP contribution < -0.4 is 19.7 Å². The third kappa shape index (κ3) is 4.85. The molecule has 2 heterocycles. The zero-order valence-corrected chi connectivity index (χ0v) is 19.8. The van der Waals surface area contributed by atoms with Gasteiger partial charge in [0.1, 0.15) is 11.7 Å². The van der Waals surface area contributed by atoms with Crippen molar-refractivity contribution in [2.24, 2.45) is 0 Å². The SMILES string of the molecule is Cc1ccccc1[C@@H](C(=O)NC1CCCCC1)N(C(=O)c1ccccn1)c1ccc2c(c1)OCO2. The lowest BCUT2D eigenvalue weighted by molar-refractivity contribution is -0.123. The Balaban J connectivity index is 1.62. The number of pyridine rings is 1. The van der Waals surface area contributed by atoms with E-state index in [0.717, 1.165) is 36.8 Å². The number of aryl methyl sites for hydroxylation is 1. The predicted molar refractivity (Wildman–Crippen MR) is 133 cm³/mol. The van der Waals surface area contributed by atoms with Gasteiger partial charge in [-0.05, 0) is 55.2 Å². The summed E-state index contributed by atoms with van der Waals surface area (Å²) in [7, 11) is 0. The molecule has 1 atom stereocenters. The molecule has 5 rings (SSSR count). The van der Waals surface area contributed by atoms with Gasteiger partial charge in [-0.1, -0.05) is 49.6 Å². The number of anilines is 1. The van der Waals surface area contributed by atoms with Crippen LogP contribution in [0.1, 0.15) is 59.8 Å². The highest BCUT2D eigenvalue weighted by molar-refractivity contribution is 6.09. The van der Waals surface area contributed by atoms with E-state index in [2.05, 4.69) is 10.3 Å². The zero-order valence-electron chi connectivity index (χ0n) is 19.8. The smallest absolute Gasteiger partial charge is 0.277 e. The summed E-state index contributed by atoms with van der Waals surface area (Å²) in [4.78, 5) is 33.8. The van der Waals surface area contributed by atoms with Crippen LogP contribution in [-0.4, -0.2) is 29.6 Å². The van der Waals surface area contributed by atoms with E-state index in [1.807, 2.05) is 31.2 Å². The maximum atomic E-state index is 14.0. The quantitative estimate of drug-likeness (QED) is 0.550. The first-order valence-electron chi connectivity index (χ1n) is 12.1. The Bertz CT molecular complexity index is 1210. The highest BCUT2D eigenvalue weighted by Crippen LogP contribution is 2.39. The summed E-state index contributed by atoms with van der Waals surface area (Å²) < 4.78 is 11.1. The molecule has 2 amide bonds. The number of carbonyl (C=O) groups is 2. The molecule has 7 heteroatoms. The van der Waals surface area contributed by atoms with E-state index < -0.39 is 6.04 Å². The molecule has 1 aliphatic heterocycles. The van der Waals surface area contributed by atoms with Gasteiger partial charge in [0.25, 0.3) is 5.91 Å². The summed E-state index contributed by atoms with van der Waals surface area (Å²) in [5.74, 6) is 0.584. The Hall–Kier alpha value is -3.87. The third-order valence-corrected chi connectivity index (χ3v) is 6.68. The second-order valence-electron chi connectivity index (χ2n) is 9.03. The number of hydrogen-bond acceptors (Lipinski definition) is 5. The fourth-order valence-corrected chi connectivity index (χ4v) is 4.85. The van der Waals surface area contributed by atoms with Crippen molar-refractivity contribution in [3.8, 4) is 11.5 Å². The van der Waals surface area contributed by atoms with Crippen LogP contribution in [0.15, 0.2) is 66.9 Å². The van der Waals surface area contributed by atoms with Crippen molar-refractivity contribution in [2.75, 3.05) is 11.7 Å². The lowest BCUT2D eigenvalue weighted by atomic mass is 9.93. The topological polar surface area (TPSA) is 80.8 Å².